The maximum atomic E-state index is 11.9. The predicted molar refractivity (Wildman–Crippen MR) is 138 cm³/mol. The molecule has 2 aromatic rings. The lowest BCUT2D eigenvalue weighted by Gasteiger charge is -2.38. The third kappa shape index (κ3) is 8.95. The van der Waals surface area contributed by atoms with Crippen LogP contribution >= 0.6 is 0 Å². The summed E-state index contributed by atoms with van der Waals surface area (Å²) < 4.78 is 5.32. The summed E-state index contributed by atoms with van der Waals surface area (Å²) in [6.45, 7) is 11.4. The molecule has 3 N–H and O–H groups in total. The first-order valence-corrected chi connectivity index (χ1v) is 12.5. The topological polar surface area (TPSA) is 78.5 Å². The molecule has 2 atom stereocenters. The molecule has 0 bridgehead atoms. The molecule has 0 radical (unpaired) electrons. The first-order chi connectivity index (χ1) is 16.3. The molecule has 34 heavy (non-hydrogen) atoms. The Hall–Kier alpha value is -2.64. The lowest BCUT2D eigenvalue weighted by atomic mass is 9.99. The average Bonchev–Trinajstić information content (AvgIpc) is 2.82. The fourth-order valence-corrected chi connectivity index (χ4v) is 4.30. The van der Waals surface area contributed by atoms with E-state index in [0.717, 1.165) is 44.7 Å². The van der Waals surface area contributed by atoms with Crippen LogP contribution in [0.15, 0.2) is 54.7 Å². The van der Waals surface area contributed by atoms with E-state index in [0.29, 0.717) is 18.6 Å². The van der Waals surface area contributed by atoms with E-state index in [4.69, 9.17) is 4.74 Å². The zero-order chi connectivity index (χ0) is 24.4. The second-order valence-electron chi connectivity index (χ2n) is 10.1. The van der Waals surface area contributed by atoms with Gasteiger partial charge in [0.05, 0.1) is 0 Å². The minimum atomic E-state index is -0.463. The van der Waals surface area contributed by atoms with E-state index in [9.17, 15) is 4.79 Å². The molecule has 1 saturated heterocycles. The number of alkyl carbamates (subject to hydrolysis) is 1. The second-order valence-corrected chi connectivity index (χ2v) is 10.1. The Morgan fingerprint density at radius 1 is 1.12 bits per heavy atom. The van der Waals surface area contributed by atoms with Crippen LogP contribution < -0.4 is 16.0 Å². The van der Waals surface area contributed by atoms with E-state index in [-0.39, 0.29) is 12.1 Å². The summed E-state index contributed by atoms with van der Waals surface area (Å²) in [4.78, 5) is 18.8. The molecule has 1 fully saturated rings. The number of nitrogens with zero attached hydrogens (tertiary/aromatic N) is 2. The van der Waals surface area contributed by atoms with Crippen LogP contribution in [0.4, 0.5) is 10.6 Å². The quantitative estimate of drug-likeness (QED) is 0.474. The number of nitrogens with one attached hydrogen (secondary N) is 3. The van der Waals surface area contributed by atoms with Crippen LogP contribution in [-0.2, 0) is 4.74 Å². The number of ether oxygens (including phenoxy) is 1. The minimum absolute atomic E-state index is 0.218. The van der Waals surface area contributed by atoms with Gasteiger partial charge in [-0.15, -0.1) is 0 Å². The lowest BCUT2D eigenvalue weighted by molar-refractivity contribution is 0.0520. The van der Waals surface area contributed by atoms with Crippen molar-refractivity contribution >= 4 is 11.9 Å². The van der Waals surface area contributed by atoms with Crippen LogP contribution in [0.25, 0.3) is 0 Å². The summed E-state index contributed by atoms with van der Waals surface area (Å²) in [6.07, 6.45) is 4.60. The van der Waals surface area contributed by atoms with Crippen molar-refractivity contribution in [3.63, 3.8) is 0 Å². The van der Waals surface area contributed by atoms with E-state index in [2.05, 4.69) is 63.1 Å². The Labute approximate surface area is 204 Å². The molecule has 7 nitrogen and oxygen atoms in total. The fourth-order valence-electron chi connectivity index (χ4n) is 4.30. The molecule has 2 heterocycles. The van der Waals surface area contributed by atoms with Crippen LogP contribution in [0, 0.1) is 0 Å². The van der Waals surface area contributed by atoms with Gasteiger partial charge in [-0.3, -0.25) is 0 Å². The van der Waals surface area contributed by atoms with E-state index in [1.165, 1.54) is 5.56 Å². The number of amides is 1. The summed E-state index contributed by atoms with van der Waals surface area (Å²) in [7, 11) is 0. The van der Waals surface area contributed by atoms with E-state index >= 15 is 0 Å². The highest BCUT2D eigenvalue weighted by Gasteiger charge is 2.25. The number of pyridine rings is 1. The van der Waals surface area contributed by atoms with Gasteiger partial charge in [-0.2, -0.15) is 0 Å². The van der Waals surface area contributed by atoms with Crippen molar-refractivity contribution < 1.29 is 9.53 Å². The number of carbonyl (C=O) groups excluding carboxylic acids is 1. The van der Waals surface area contributed by atoms with Gasteiger partial charge in [0.25, 0.3) is 0 Å². The Morgan fingerprint density at radius 2 is 1.82 bits per heavy atom. The van der Waals surface area contributed by atoms with Gasteiger partial charge in [-0.1, -0.05) is 36.4 Å². The van der Waals surface area contributed by atoms with Crippen molar-refractivity contribution in [3.05, 3.63) is 60.3 Å². The van der Waals surface area contributed by atoms with Crippen LogP contribution in [-0.4, -0.2) is 59.8 Å². The first-order valence-electron chi connectivity index (χ1n) is 12.5. The zero-order valence-corrected chi connectivity index (χ0v) is 21.1. The van der Waals surface area contributed by atoms with Gasteiger partial charge in [-0.25, -0.2) is 9.78 Å². The van der Waals surface area contributed by atoms with Crippen LogP contribution in [0.3, 0.4) is 0 Å². The Morgan fingerprint density at radius 3 is 2.47 bits per heavy atom. The molecule has 186 valence electrons. The molecule has 1 amide bonds. The monoisotopic (exact) mass is 467 g/mol. The van der Waals surface area contributed by atoms with Crippen LogP contribution in [0.2, 0.25) is 0 Å². The normalized spacial score (nSPS) is 17.1. The molecule has 1 aliphatic heterocycles. The molecule has 7 heteroatoms. The van der Waals surface area contributed by atoms with Gasteiger partial charge < -0.3 is 25.6 Å². The predicted octanol–water partition coefficient (Wildman–Crippen LogP) is 4.59. The van der Waals surface area contributed by atoms with Gasteiger partial charge >= 0.3 is 6.09 Å². The number of aromatic nitrogens is 1. The molecule has 0 saturated carbocycles. The maximum Gasteiger partial charge on any atom is 0.407 e. The number of benzene rings is 1. The summed E-state index contributed by atoms with van der Waals surface area (Å²) in [5.74, 6) is 0.897. The standard InChI is InChI=1S/C27H41N5O2/c1-21(13-17-29-26(33)34-27(2,3)4)32-18-14-23(15-19-32)31-24(22-10-6-5-7-11-22)20-30-25-12-8-9-16-28-25/h5-12,16,21,23-24,31H,13-15,17-20H2,1-4H3,(H,28,30)(H,29,33)/t21?,24-/m0/s1. The number of hydrogen-bond donors (Lipinski definition) is 3. The molecule has 0 aliphatic carbocycles. The zero-order valence-electron chi connectivity index (χ0n) is 21.1. The summed E-state index contributed by atoms with van der Waals surface area (Å²) in [5, 5.41) is 10.2. The Bertz CT molecular complexity index is 848. The van der Waals surface area contributed by atoms with Crippen LogP contribution in [0.1, 0.15) is 58.6 Å². The molecular weight excluding hydrogens is 426 g/mol. The molecule has 0 spiro atoms. The Balaban J connectivity index is 1.44. The van der Waals surface area contributed by atoms with Gasteiger partial charge in [0, 0.05) is 37.4 Å². The fraction of sp³-hybridized carbons (Fsp3) is 0.556. The molecular formula is C27H41N5O2. The third-order valence-corrected chi connectivity index (χ3v) is 6.17. The highest BCUT2D eigenvalue weighted by atomic mass is 16.6. The van der Waals surface area contributed by atoms with Gasteiger partial charge in [0.15, 0.2) is 0 Å². The smallest absolute Gasteiger partial charge is 0.407 e. The number of piperidine rings is 1. The highest BCUT2D eigenvalue weighted by Crippen LogP contribution is 2.20. The highest BCUT2D eigenvalue weighted by molar-refractivity contribution is 5.67. The summed E-state index contributed by atoms with van der Waals surface area (Å²) in [6, 6.07) is 17.7. The Kier molecular flexibility index (Phi) is 9.72. The number of likely N-dealkylation sites (tertiary alicyclic amines) is 1. The average molecular weight is 468 g/mol. The molecule has 1 aromatic heterocycles. The van der Waals surface area contributed by atoms with E-state index in [1.54, 1.807) is 0 Å². The van der Waals surface area contributed by atoms with Crippen LogP contribution in [0.5, 0.6) is 0 Å². The van der Waals surface area contributed by atoms with Crippen molar-refractivity contribution in [2.45, 2.75) is 70.7 Å². The maximum absolute atomic E-state index is 11.9. The molecule has 1 aromatic carbocycles. The number of rotatable bonds is 10. The SMILES string of the molecule is CC(CCNC(=O)OC(C)(C)C)N1CCC(N[C@@H](CNc2ccccn2)c2ccccc2)CC1. The van der Waals surface area contributed by atoms with Crippen molar-refractivity contribution in [3.8, 4) is 0 Å². The van der Waals surface area contributed by atoms with Crippen molar-refractivity contribution in [2.24, 2.45) is 0 Å². The summed E-state index contributed by atoms with van der Waals surface area (Å²) >= 11 is 0. The first kappa shape index (κ1) is 26.0. The number of carbonyl (C=O) groups is 1. The van der Waals surface area contributed by atoms with Crippen molar-refractivity contribution in [1.29, 1.82) is 0 Å². The lowest BCUT2D eigenvalue weighted by Crippen LogP contribution is -2.48. The van der Waals surface area contributed by atoms with Crippen molar-refractivity contribution in [2.75, 3.05) is 31.5 Å². The minimum Gasteiger partial charge on any atom is -0.444 e. The van der Waals surface area contributed by atoms with Gasteiger partial charge in [0.1, 0.15) is 11.4 Å². The van der Waals surface area contributed by atoms with Gasteiger partial charge in [-0.05, 0) is 77.7 Å². The van der Waals surface area contributed by atoms with E-state index in [1.807, 2.05) is 45.2 Å². The van der Waals surface area contributed by atoms with Gasteiger partial charge in [0.2, 0.25) is 0 Å². The van der Waals surface area contributed by atoms with Crippen molar-refractivity contribution in [1.82, 2.24) is 20.5 Å². The number of hydrogen-bond acceptors (Lipinski definition) is 6. The summed E-state index contributed by atoms with van der Waals surface area (Å²) in [5.41, 5.74) is 0.824. The molecule has 1 aliphatic rings. The third-order valence-electron chi connectivity index (χ3n) is 6.17. The molecule has 3 rings (SSSR count). The largest absolute Gasteiger partial charge is 0.444 e. The molecule has 1 unspecified atom stereocenters. The van der Waals surface area contributed by atoms with E-state index < -0.39 is 5.60 Å². The number of anilines is 1. The second kappa shape index (κ2) is 12.7.